The third-order valence-electron chi connectivity index (χ3n) is 9.94. The summed E-state index contributed by atoms with van der Waals surface area (Å²) in [6.07, 6.45) is 21.8. The summed E-state index contributed by atoms with van der Waals surface area (Å²) in [6, 6.07) is 4.53. The van der Waals surface area contributed by atoms with Crippen molar-refractivity contribution in [3.05, 3.63) is 36.0 Å². The van der Waals surface area contributed by atoms with E-state index in [9.17, 15) is 19.2 Å². The van der Waals surface area contributed by atoms with Crippen molar-refractivity contribution in [1.29, 1.82) is 0 Å². The summed E-state index contributed by atoms with van der Waals surface area (Å²) < 4.78 is 0. The second kappa shape index (κ2) is 28.6. The first-order chi connectivity index (χ1) is 27.0. The molecule has 0 fully saturated rings. The molecule has 0 radical (unpaired) electrons. The Morgan fingerprint density at radius 1 is 0.607 bits per heavy atom. The summed E-state index contributed by atoms with van der Waals surface area (Å²) in [4.78, 5) is 64.3. The van der Waals surface area contributed by atoms with Gasteiger partial charge >= 0.3 is 0 Å². The van der Waals surface area contributed by atoms with Gasteiger partial charge in [0.1, 0.15) is 18.1 Å². The second-order valence-corrected chi connectivity index (χ2v) is 14.8. The third-order valence-corrected chi connectivity index (χ3v) is 9.94. The molecular weight excluding hydrogens is 711 g/mol. The van der Waals surface area contributed by atoms with Crippen LogP contribution in [0.15, 0.2) is 40.4 Å². The molecule has 4 amide bonds. The first-order valence-electron chi connectivity index (χ1n) is 20.9. The lowest BCUT2D eigenvalue weighted by molar-refractivity contribution is -0.133. The number of para-hydroxylation sites is 1. The highest BCUT2D eigenvalue weighted by Crippen LogP contribution is 2.20. The lowest BCUT2D eigenvalue weighted by Crippen LogP contribution is -2.57. The van der Waals surface area contributed by atoms with Crippen LogP contribution in [0, 0.1) is 0 Å². The van der Waals surface area contributed by atoms with Crippen molar-refractivity contribution >= 4 is 46.5 Å². The van der Waals surface area contributed by atoms with Gasteiger partial charge in [-0.15, -0.1) is 0 Å². The number of aliphatic imine (C=N–C) groups is 2. The van der Waals surface area contributed by atoms with Gasteiger partial charge in [0.05, 0.1) is 0 Å². The standard InChI is InChI=1S/C41H71N11O4/c1-2-3-4-5-6-7-8-9-10-11-12-13-14-15-16-25-36(53)50-34(24-20-27-48-41(45)46)38(55)52-35(28-30-29-49-32-22-18-17-21-31(30)32)39(56)51-33(37(42)54)23-19-26-47-40(43)44/h17-18,21-22,29,33-35,49H,2-16,19-20,23-28H2,1H3,(H2,42,54)(H,50,53)(H,51,56)(H,52,55)(H4,43,44,47)(H4,45,46,48)/t33-,34-,35-/m0/s1. The molecule has 0 unspecified atom stereocenters. The van der Waals surface area contributed by atoms with Crippen molar-refractivity contribution in [2.24, 2.45) is 38.7 Å². The lowest BCUT2D eigenvalue weighted by Gasteiger charge is -2.25. The van der Waals surface area contributed by atoms with Crippen molar-refractivity contribution in [2.45, 2.75) is 160 Å². The average molecular weight is 782 g/mol. The van der Waals surface area contributed by atoms with E-state index >= 15 is 0 Å². The van der Waals surface area contributed by atoms with Crippen LogP contribution in [0.2, 0.25) is 0 Å². The van der Waals surface area contributed by atoms with Crippen LogP contribution >= 0.6 is 0 Å². The molecule has 0 aliphatic carbocycles. The summed E-state index contributed by atoms with van der Waals surface area (Å²) in [7, 11) is 0. The van der Waals surface area contributed by atoms with Gasteiger partial charge in [-0.05, 0) is 43.7 Å². The van der Waals surface area contributed by atoms with Gasteiger partial charge in [-0.3, -0.25) is 29.2 Å². The van der Waals surface area contributed by atoms with E-state index in [0.717, 1.165) is 42.1 Å². The van der Waals surface area contributed by atoms with Crippen LogP contribution in [0.5, 0.6) is 0 Å². The molecule has 0 bridgehead atoms. The molecule has 15 nitrogen and oxygen atoms in total. The van der Waals surface area contributed by atoms with Crippen LogP contribution < -0.4 is 44.6 Å². The Kier molecular flexibility index (Phi) is 24.1. The van der Waals surface area contributed by atoms with E-state index in [2.05, 4.69) is 37.8 Å². The molecule has 3 atom stereocenters. The Balaban J connectivity index is 1.99. The highest BCUT2D eigenvalue weighted by molar-refractivity contribution is 5.95. The molecule has 56 heavy (non-hydrogen) atoms. The van der Waals surface area contributed by atoms with E-state index in [1.54, 1.807) is 6.20 Å². The maximum absolute atomic E-state index is 13.9. The number of H-pyrrole nitrogens is 1. The molecule has 0 saturated heterocycles. The second-order valence-electron chi connectivity index (χ2n) is 14.8. The van der Waals surface area contributed by atoms with Crippen molar-refractivity contribution in [3.63, 3.8) is 0 Å². The number of guanidine groups is 2. The fraction of sp³-hybridized carbons (Fsp3) is 0.659. The van der Waals surface area contributed by atoms with Gasteiger partial charge in [0, 0.05) is 43.0 Å². The number of unbranched alkanes of at least 4 members (excludes halogenated alkanes) is 14. The molecular formula is C41H71N11O4. The molecule has 0 spiro atoms. The number of hydrogen-bond donors (Lipinski definition) is 9. The van der Waals surface area contributed by atoms with Crippen molar-refractivity contribution in [3.8, 4) is 0 Å². The molecule has 1 aromatic heterocycles. The molecule has 0 aliphatic rings. The van der Waals surface area contributed by atoms with Crippen LogP contribution in [0.25, 0.3) is 10.9 Å². The number of aromatic nitrogens is 1. The van der Waals surface area contributed by atoms with Gasteiger partial charge in [0.15, 0.2) is 11.9 Å². The van der Waals surface area contributed by atoms with Crippen LogP contribution in [0.3, 0.4) is 0 Å². The highest BCUT2D eigenvalue weighted by atomic mass is 16.2. The Morgan fingerprint density at radius 3 is 1.62 bits per heavy atom. The van der Waals surface area contributed by atoms with Crippen molar-refractivity contribution < 1.29 is 19.2 Å². The fourth-order valence-corrected chi connectivity index (χ4v) is 6.76. The number of rotatable bonds is 32. The normalized spacial score (nSPS) is 12.7. The van der Waals surface area contributed by atoms with E-state index in [1.807, 2.05) is 24.3 Å². The summed E-state index contributed by atoms with van der Waals surface area (Å²) >= 11 is 0. The minimum absolute atomic E-state index is 0.0685. The number of benzene rings is 1. The van der Waals surface area contributed by atoms with Gasteiger partial charge in [-0.25, -0.2) is 0 Å². The zero-order chi connectivity index (χ0) is 41.0. The van der Waals surface area contributed by atoms with E-state index < -0.39 is 35.8 Å². The van der Waals surface area contributed by atoms with Gasteiger partial charge in [0.25, 0.3) is 0 Å². The number of hydrogen-bond acceptors (Lipinski definition) is 6. The Bertz CT molecular complexity index is 1500. The molecule has 0 saturated carbocycles. The monoisotopic (exact) mass is 782 g/mol. The minimum atomic E-state index is -1.10. The zero-order valence-corrected chi connectivity index (χ0v) is 33.8. The number of carbonyl (C=O) groups is 4. The predicted molar refractivity (Wildman–Crippen MR) is 226 cm³/mol. The Labute approximate surface area is 333 Å². The van der Waals surface area contributed by atoms with Gasteiger partial charge in [-0.1, -0.05) is 115 Å². The Morgan fingerprint density at radius 2 is 1.09 bits per heavy atom. The van der Waals surface area contributed by atoms with E-state index in [-0.39, 0.29) is 56.6 Å². The van der Waals surface area contributed by atoms with Gasteiger partial charge in [-0.2, -0.15) is 0 Å². The minimum Gasteiger partial charge on any atom is -0.370 e. The summed E-state index contributed by atoms with van der Waals surface area (Å²) in [6.45, 7) is 2.76. The predicted octanol–water partition coefficient (Wildman–Crippen LogP) is 4.02. The number of nitrogens with two attached hydrogens (primary N) is 5. The molecule has 15 heteroatoms. The number of fused-ring (bicyclic) bond motifs is 1. The number of amides is 4. The first-order valence-corrected chi connectivity index (χ1v) is 20.9. The van der Waals surface area contributed by atoms with E-state index in [4.69, 9.17) is 28.7 Å². The zero-order valence-electron chi connectivity index (χ0n) is 33.8. The molecule has 0 aliphatic heterocycles. The number of primary amides is 1. The first kappa shape index (κ1) is 47.3. The molecule has 1 aromatic carbocycles. The van der Waals surface area contributed by atoms with Gasteiger partial charge in [0.2, 0.25) is 23.6 Å². The largest absolute Gasteiger partial charge is 0.370 e. The van der Waals surface area contributed by atoms with Crippen LogP contribution in [0.1, 0.15) is 141 Å². The smallest absolute Gasteiger partial charge is 0.243 e. The molecule has 1 heterocycles. The summed E-state index contributed by atoms with van der Waals surface area (Å²) in [5.41, 5.74) is 29.1. The molecule has 2 rings (SSSR count). The maximum atomic E-state index is 13.9. The number of aromatic amines is 1. The third kappa shape index (κ3) is 20.7. The van der Waals surface area contributed by atoms with Crippen LogP contribution in [0.4, 0.5) is 0 Å². The number of nitrogens with zero attached hydrogens (tertiary/aromatic N) is 2. The van der Waals surface area contributed by atoms with Crippen molar-refractivity contribution in [2.75, 3.05) is 13.1 Å². The molecule has 2 aromatic rings. The number of nitrogens with one attached hydrogen (secondary N) is 4. The maximum Gasteiger partial charge on any atom is 0.243 e. The van der Waals surface area contributed by atoms with Crippen LogP contribution in [-0.4, -0.2) is 71.7 Å². The van der Waals surface area contributed by atoms with Gasteiger partial charge < -0.3 is 49.6 Å². The lowest BCUT2D eigenvalue weighted by atomic mass is 10.0. The van der Waals surface area contributed by atoms with E-state index in [1.165, 1.54) is 70.6 Å². The molecule has 14 N–H and O–H groups in total. The topological polar surface area (TPSA) is 275 Å². The summed E-state index contributed by atoms with van der Waals surface area (Å²) in [5, 5.41) is 9.32. The summed E-state index contributed by atoms with van der Waals surface area (Å²) in [5.74, 6) is -2.26. The highest BCUT2D eigenvalue weighted by Gasteiger charge is 2.30. The molecule has 314 valence electrons. The Hall–Kier alpha value is -4.82. The average Bonchev–Trinajstić information content (AvgIpc) is 3.57. The van der Waals surface area contributed by atoms with E-state index in [0.29, 0.717) is 12.8 Å². The SMILES string of the molecule is CCCCCCCCCCCCCCCCCC(=O)N[C@@H](CCCN=C(N)N)C(=O)N[C@@H](Cc1c[nH]c2ccccc12)C(=O)N[C@@H](CCCN=C(N)N)C(N)=O. The van der Waals surface area contributed by atoms with Crippen LogP contribution in [-0.2, 0) is 25.6 Å². The number of carbonyl (C=O) groups excluding carboxylic acids is 4. The van der Waals surface area contributed by atoms with Crippen molar-refractivity contribution in [1.82, 2.24) is 20.9 Å². The fourth-order valence-electron chi connectivity index (χ4n) is 6.76. The quantitative estimate of drug-likeness (QED) is 0.0296.